The zero-order valence-corrected chi connectivity index (χ0v) is 10.7. The molecule has 2 aromatic rings. The molecular weight excluding hydrogens is 246 g/mol. The predicted molar refractivity (Wildman–Crippen MR) is 72.0 cm³/mol. The van der Waals surface area contributed by atoms with Gasteiger partial charge in [0.1, 0.15) is 5.03 Å². The third kappa shape index (κ3) is 2.81. The van der Waals surface area contributed by atoms with E-state index in [2.05, 4.69) is 10.1 Å². The van der Waals surface area contributed by atoms with Crippen molar-refractivity contribution in [3.8, 4) is 0 Å². The highest BCUT2D eigenvalue weighted by Gasteiger charge is 2.05. The van der Waals surface area contributed by atoms with Gasteiger partial charge in [0, 0.05) is 16.7 Å². The molecule has 0 amide bonds. The Kier molecular flexibility index (Phi) is 3.84. The number of benzene rings is 1. The lowest BCUT2D eigenvalue weighted by molar-refractivity contribution is 0.318. The first-order chi connectivity index (χ1) is 8.70. The Labute approximate surface area is 110 Å². The van der Waals surface area contributed by atoms with Gasteiger partial charge in [-0.3, -0.25) is 0 Å². The molecule has 1 aromatic heterocycles. The zero-order valence-electron chi connectivity index (χ0n) is 9.87. The van der Waals surface area contributed by atoms with Crippen LogP contribution in [0.15, 0.2) is 57.7 Å². The summed E-state index contributed by atoms with van der Waals surface area (Å²) in [7, 11) is 0. The molecule has 1 heterocycles. The minimum absolute atomic E-state index is 0.127. The quantitative estimate of drug-likeness (QED) is 0.385. The molecule has 3 N–H and O–H groups in total. The summed E-state index contributed by atoms with van der Waals surface area (Å²) >= 11 is 1.58. The lowest BCUT2D eigenvalue weighted by atomic mass is 10.1. The van der Waals surface area contributed by atoms with Crippen LogP contribution in [0.25, 0.3) is 0 Å². The number of amidine groups is 1. The highest BCUT2D eigenvalue weighted by atomic mass is 32.2. The average Bonchev–Trinajstić information content (AvgIpc) is 2.39. The maximum absolute atomic E-state index is 8.66. The van der Waals surface area contributed by atoms with Crippen LogP contribution < -0.4 is 5.73 Å². The molecule has 0 saturated carbocycles. The van der Waals surface area contributed by atoms with Gasteiger partial charge in [-0.05, 0) is 42.8 Å². The second-order valence-electron chi connectivity index (χ2n) is 3.73. The van der Waals surface area contributed by atoms with Crippen LogP contribution in [0.1, 0.15) is 11.1 Å². The third-order valence-corrected chi connectivity index (χ3v) is 3.38. The molecule has 5 heteroatoms. The summed E-state index contributed by atoms with van der Waals surface area (Å²) in [6.45, 7) is 1.93. The summed E-state index contributed by atoms with van der Waals surface area (Å²) in [6.07, 6.45) is 1.76. The first-order valence-corrected chi connectivity index (χ1v) is 6.20. The summed E-state index contributed by atoms with van der Waals surface area (Å²) in [6, 6.07) is 11.6. The zero-order chi connectivity index (χ0) is 13.0. The van der Waals surface area contributed by atoms with Crippen molar-refractivity contribution >= 4 is 17.6 Å². The van der Waals surface area contributed by atoms with Gasteiger partial charge in [-0.1, -0.05) is 23.0 Å². The highest BCUT2D eigenvalue weighted by Crippen LogP contribution is 2.27. The first kappa shape index (κ1) is 12.4. The van der Waals surface area contributed by atoms with Crippen LogP contribution in [0.4, 0.5) is 0 Å². The fraction of sp³-hybridized carbons (Fsp3) is 0.0769. The van der Waals surface area contributed by atoms with Gasteiger partial charge in [-0.15, -0.1) is 0 Å². The average molecular weight is 259 g/mol. The summed E-state index contributed by atoms with van der Waals surface area (Å²) < 4.78 is 0. The molecule has 18 heavy (non-hydrogen) atoms. The molecule has 2 rings (SSSR count). The van der Waals surface area contributed by atoms with Gasteiger partial charge in [0.25, 0.3) is 0 Å². The van der Waals surface area contributed by atoms with Crippen LogP contribution in [-0.4, -0.2) is 16.0 Å². The monoisotopic (exact) mass is 259 g/mol. The lowest BCUT2D eigenvalue weighted by Crippen LogP contribution is -2.14. The molecular formula is C13H13N3OS. The van der Waals surface area contributed by atoms with Crippen LogP contribution in [-0.2, 0) is 0 Å². The Balaban J connectivity index is 2.25. The molecule has 92 valence electrons. The van der Waals surface area contributed by atoms with Gasteiger partial charge < -0.3 is 10.9 Å². The topological polar surface area (TPSA) is 71.5 Å². The van der Waals surface area contributed by atoms with Crippen LogP contribution in [0.3, 0.4) is 0 Å². The third-order valence-electron chi connectivity index (χ3n) is 2.44. The molecule has 4 nitrogen and oxygen atoms in total. The Morgan fingerprint density at radius 2 is 2.17 bits per heavy atom. The van der Waals surface area contributed by atoms with E-state index in [4.69, 9.17) is 10.9 Å². The van der Waals surface area contributed by atoms with E-state index in [1.807, 2.05) is 43.3 Å². The molecule has 0 saturated heterocycles. The van der Waals surface area contributed by atoms with E-state index in [0.717, 1.165) is 21.0 Å². The SMILES string of the molecule is Cc1cc(Sc2ccccn2)ccc1/C(N)=N/O. The molecule has 1 aromatic carbocycles. The van der Waals surface area contributed by atoms with Crippen molar-refractivity contribution in [1.29, 1.82) is 0 Å². The molecule has 0 atom stereocenters. The molecule has 0 unspecified atom stereocenters. The van der Waals surface area contributed by atoms with E-state index in [9.17, 15) is 0 Å². The van der Waals surface area contributed by atoms with E-state index >= 15 is 0 Å². The second kappa shape index (κ2) is 5.55. The lowest BCUT2D eigenvalue weighted by Gasteiger charge is -2.06. The minimum Gasteiger partial charge on any atom is -0.409 e. The van der Waals surface area contributed by atoms with Crippen molar-refractivity contribution in [3.05, 3.63) is 53.7 Å². The molecule has 0 aliphatic heterocycles. The molecule has 0 aliphatic rings. The number of nitrogens with two attached hydrogens (primary N) is 1. The summed E-state index contributed by atoms with van der Waals surface area (Å²) in [4.78, 5) is 5.32. The molecule has 0 fully saturated rings. The molecule has 0 aliphatic carbocycles. The summed E-state index contributed by atoms with van der Waals surface area (Å²) in [5.74, 6) is 0.127. The van der Waals surface area contributed by atoms with E-state index in [1.54, 1.807) is 18.0 Å². The number of pyridine rings is 1. The number of hydrogen-bond acceptors (Lipinski definition) is 4. The van der Waals surface area contributed by atoms with Gasteiger partial charge in [-0.2, -0.15) is 0 Å². The Bertz CT molecular complexity index is 570. The Morgan fingerprint density at radius 3 is 2.78 bits per heavy atom. The fourth-order valence-corrected chi connectivity index (χ4v) is 2.44. The second-order valence-corrected chi connectivity index (χ2v) is 4.83. The van der Waals surface area contributed by atoms with E-state index < -0.39 is 0 Å². The summed E-state index contributed by atoms with van der Waals surface area (Å²) in [5, 5.41) is 12.6. The summed E-state index contributed by atoms with van der Waals surface area (Å²) in [5.41, 5.74) is 7.28. The Hall–Kier alpha value is -2.01. The highest BCUT2D eigenvalue weighted by molar-refractivity contribution is 7.99. The largest absolute Gasteiger partial charge is 0.409 e. The maximum Gasteiger partial charge on any atom is 0.170 e. The van der Waals surface area contributed by atoms with E-state index in [0.29, 0.717) is 0 Å². The minimum atomic E-state index is 0.127. The van der Waals surface area contributed by atoms with Crippen LogP contribution >= 0.6 is 11.8 Å². The van der Waals surface area contributed by atoms with Crippen molar-refractivity contribution in [3.63, 3.8) is 0 Å². The number of oxime groups is 1. The van der Waals surface area contributed by atoms with Crippen LogP contribution in [0.5, 0.6) is 0 Å². The normalized spacial score (nSPS) is 11.5. The van der Waals surface area contributed by atoms with E-state index in [-0.39, 0.29) is 5.84 Å². The first-order valence-electron chi connectivity index (χ1n) is 5.38. The van der Waals surface area contributed by atoms with Crippen molar-refractivity contribution in [2.45, 2.75) is 16.8 Å². The number of hydrogen-bond donors (Lipinski definition) is 2. The van der Waals surface area contributed by atoms with Crippen molar-refractivity contribution in [2.24, 2.45) is 10.9 Å². The smallest absolute Gasteiger partial charge is 0.170 e. The van der Waals surface area contributed by atoms with E-state index in [1.165, 1.54) is 0 Å². The van der Waals surface area contributed by atoms with Gasteiger partial charge in [0.2, 0.25) is 0 Å². The van der Waals surface area contributed by atoms with Gasteiger partial charge in [0.05, 0.1) is 0 Å². The standard InChI is InChI=1S/C13H13N3OS/c1-9-8-10(5-6-11(9)13(14)16-17)18-12-4-2-3-7-15-12/h2-8,17H,1H3,(H2,14,16). The molecule has 0 radical (unpaired) electrons. The van der Waals surface area contributed by atoms with Crippen LogP contribution in [0, 0.1) is 6.92 Å². The van der Waals surface area contributed by atoms with Gasteiger partial charge >= 0.3 is 0 Å². The van der Waals surface area contributed by atoms with Crippen LogP contribution in [0.2, 0.25) is 0 Å². The van der Waals surface area contributed by atoms with Crippen molar-refractivity contribution < 1.29 is 5.21 Å². The number of aromatic nitrogens is 1. The number of nitrogens with zero attached hydrogens (tertiary/aromatic N) is 2. The fourth-order valence-electron chi connectivity index (χ4n) is 1.57. The number of rotatable bonds is 3. The Morgan fingerprint density at radius 1 is 1.33 bits per heavy atom. The number of aryl methyl sites for hydroxylation is 1. The van der Waals surface area contributed by atoms with Crippen molar-refractivity contribution in [1.82, 2.24) is 4.98 Å². The van der Waals surface area contributed by atoms with Crippen molar-refractivity contribution in [2.75, 3.05) is 0 Å². The molecule has 0 bridgehead atoms. The molecule has 0 spiro atoms. The van der Waals surface area contributed by atoms with Gasteiger partial charge in [-0.25, -0.2) is 4.98 Å². The maximum atomic E-state index is 8.66. The predicted octanol–water partition coefficient (Wildman–Crippen LogP) is 2.64. The van der Waals surface area contributed by atoms with Gasteiger partial charge in [0.15, 0.2) is 5.84 Å².